The largest absolute Gasteiger partial charge is 0.385 e. The van der Waals surface area contributed by atoms with E-state index >= 15 is 0 Å². The fourth-order valence-corrected chi connectivity index (χ4v) is 4.15. The first-order valence-corrected chi connectivity index (χ1v) is 8.35. The third-order valence-corrected chi connectivity index (χ3v) is 5.57. The molecule has 0 spiro atoms. The fraction of sp³-hybridized carbons (Fsp3) is 0.471. The number of benzene rings is 1. The molecule has 6 nitrogen and oxygen atoms in total. The molecule has 1 aromatic heterocycles. The summed E-state index contributed by atoms with van der Waals surface area (Å²) in [6, 6.07) is 7.62. The molecule has 0 amide bonds. The van der Waals surface area contributed by atoms with E-state index in [-0.39, 0.29) is 5.92 Å². The number of hydrogen-bond donors (Lipinski definition) is 4. The van der Waals surface area contributed by atoms with Gasteiger partial charge in [-0.05, 0) is 48.9 Å². The Labute approximate surface area is 143 Å². The first kappa shape index (κ1) is 16.1. The minimum atomic E-state index is -1.36. The highest BCUT2D eigenvalue weighted by molar-refractivity contribution is 6.33. The van der Waals surface area contributed by atoms with Crippen LogP contribution >= 0.6 is 11.6 Å². The highest BCUT2D eigenvalue weighted by atomic mass is 35.5. The molecule has 2 fully saturated rings. The Morgan fingerprint density at radius 2 is 2.12 bits per heavy atom. The van der Waals surface area contributed by atoms with E-state index in [2.05, 4.69) is 4.98 Å². The van der Waals surface area contributed by atoms with Gasteiger partial charge >= 0.3 is 0 Å². The predicted octanol–water partition coefficient (Wildman–Crippen LogP) is 1.23. The molecule has 1 aromatic carbocycles. The molecular weight excluding hydrogens is 332 g/mol. The summed E-state index contributed by atoms with van der Waals surface area (Å²) < 4.78 is 5.41. The average Bonchev–Trinajstić information content (AvgIpc) is 2.96. The van der Waals surface area contributed by atoms with Crippen molar-refractivity contribution in [3.8, 4) is 0 Å². The van der Waals surface area contributed by atoms with Crippen LogP contribution in [0.5, 0.6) is 0 Å². The monoisotopic (exact) mass is 350 g/mol. The van der Waals surface area contributed by atoms with Gasteiger partial charge in [-0.3, -0.25) is 0 Å². The Morgan fingerprint density at radius 3 is 2.92 bits per heavy atom. The molecule has 5 N–H and O–H groups in total. The summed E-state index contributed by atoms with van der Waals surface area (Å²) in [4.78, 5) is 4.25. The Hall–Kier alpha value is -1.44. The molecule has 4 rings (SSSR count). The summed E-state index contributed by atoms with van der Waals surface area (Å²) >= 11 is 6.04. The molecular formula is C17H19ClN2O4. The van der Waals surface area contributed by atoms with Crippen molar-refractivity contribution in [1.82, 2.24) is 4.98 Å². The van der Waals surface area contributed by atoms with Crippen LogP contribution in [-0.2, 0) is 11.2 Å². The summed E-state index contributed by atoms with van der Waals surface area (Å²) in [5, 5.41) is 31.5. The Bertz CT molecular complexity index is 801. The molecule has 128 valence electrons. The Morgan fingerprint density at radius 1 is 1.33 bits per heavy atom. The van der Waals surface area contributed by atoms with Crippen molar-refractivity contribution in [2.24, 2.45) is 5.92 Å². The quantitative estimate of drug-likeness (QED) is 0.648. The van der Waals surface area contributed by atoms with Crippen LogP contribution in [0.15, 0.2) is 24.3 Å². The number of nitrogen functional groups attached to an aromatic ring is 1. The first-order chi connectivity index (χ1) is 11.4. The summed E-state index contributed by atoms with van der Waals surface area (Å²) in [6.45, 7) is 0. The third kappa shape index (κ3) is 2.37. The van der Waals surface area contributed by atoms with Crippen LogP contribution in [0.2, 0.25) is 5.02 Å². The average molecular weight is 351 g/mol. The van der Waals surface area contributed by atoms with Crippen molar-refractivity contribution in [3.05, 3.63) is 34.9 Å². The SMILES string of the molecule is Nc1nc2ccc(C[C@@H]3CC[C@]4(O)C(O)C(O)O[C@H]34)cc2cc1Cl. The van der Waals surface area contributed by atoms with Gasteiger partial charge in [0, 0.05) is 5.39 Å². The molecule has 5 atom stereocenters. The van der Waals surface area contributed by atoms with E-state index in [0.29, 0.717) is 23.7 Å². The van der Waals surface area contributed by atoms with Crippen molar-refractivity contribution < 1.29 is 20.1 Å². The van der Waals surface area contributed by atoms with Crippen molar-refractivity contribution in [2.45, 2.75) is 43.4 Å². The number of anilines is 1. The summed E-state index contributed by atoms with van der Waals surface area (Å²) in [5.41, 5.74) is 6.18. The van der Waals surface area contributed by atoms with Gasteiger partial charge in [-0.25, -0.2) is 4.98 Å². The lowest BCUT2D eigenvalue weighted by molar-refractivity contribution is -0.137. The number of ether oxygens (including phenoxy) is 1. The topological polar surface area (TPSA) is 109 Å². The van der Waals surface area contributed by atoms with Gasteiger partial charge in [0.2, 0.25) is 0 Å². The van der Waals surface area contributed by atoms with E-state index < -0.39 is 24.1 Å². The molecule has 7 heteroatoms. The van der Waals surface area contributed by atoms with E-state index in [0.717, 1.165) is 22.9 Å². The van der Waals surface area contributed by atoms with Gasteiger partial charge in [0.05, 0.1) is 16.6 Å². The molecule has 2 aromatic rings. The number of aromatic nitrogens is 1. The zero-order valence-corrected chi connectivity index (χ0v) is 13.6. The fourth-order valence-electron chi connectivity index (χ4n) is 3.99. The van der Waals surface area contributed by atoms with Gasteiger partial charge in [-0.2, -0.15) is 0 Å². The van der Waals surface area contributed by atoms with E-state index in [1.807, 2.05) is 18.2 Å². The zero-order chi connectivity index (χ0) is 17.1. The number of halogens is 1. The van der Waals surface area contributed by atoms with E-state index in [1.54, 1.807) is 6.07 Å². The Balaban J connectivity index is 1.60. The number of rotatable bonds is 2. The number of nitrogens with two attached hydrogens (primary N) is 1. The van der Waals surface area contributed by atoms with Gasteiger partial charge in [0.25, 0.3) is 0 Å². The van der Waals surface area contributed by atoms with Crippen LogP contribution < -0.4 is 5.73 Å². The van der Waals surface area contributed by atoms with Crippen LogP contribution in [-0.4, -0.2) is 44.4 Å². The summed E-state index contributed by atoms with van der Waals surface area (Å²) in [7, 11) is 0. The number of pyridine rings is 1. The molecule has 1 aliphatic heterocycles. The number of nitrogens with zero attached hydrogens (tertiary/aromatic N) is 1. The summed E-state index contributed by atoms with van der Waals surface area (Å²) in [5.74, 6) is 0.330. The maximum absolute atomic E-state index is 10.6. The maximum Gasteiger partial charge on any atom is 0.184 e. The minimum Gasteiger partial charge on any atom is -0.385 e. The minimum absolute atomic E-state index is 0.0245. The molecule has 24 heavy (non-hydrogen) atoms. The third-order valence-electron chi connectivity index (χ3n) is 5.26. The van der Waals surface area contributed by atoms with Crippen molar-refractivity contribution in [3.63, 3.8) is 0 Å². The van der Waals surface area contributed by atoms with Crippen LogP contribution in [0.4, 0.5) is 5.82 Å². The highest BCUT2D eigenvalue weighted by Gasteiger charge is 2.60. The van der Waals surface area contributed by atoms with E-state index in [4.69, 9.17) is 22.1 Å². The normalized spacial score (nSPS) is 35.5. The van der Waals surface area contributed by atoms with E-state index in [1.165, 1.54) is 0 Å². The second-order valence-electron chi connectivity index (χ2n) is 6.77. The number of aliphatic hydroxyl groups excluding tert-OH is 2. The molecule has 1 aliphatic carbocycles. The molecule has 2 heterocycles. The molecule has 1 saturated heterocycles. The standard InChI is InChI=1S/C17H19ClN2O4/c18-11-7-10-6-8(1-2-12(10)20-15(11)19)5-9-3-4-17(23)13(21)16(22)24-14(9)17/h1-2,6-7,9,13-14,16,21-23H,3-5H2,(H2,19,20)/t9-,13?,14+,16?,17-/m0/s1. The number of fused-ring (bicyclic) bond motifs is 2. The van der Waals surface area contributed by atoms with Gasteiger partial charge in [-0.15, -0.1) is 0 Å². The second-order valence-corrected chi connectivity index (χ2v) is 7.18. The summed E-state index contributed by atoms with van der Waals surface area (Å²) in [6.07, 6.45) is -1.33. The van der Waals surface area contributed by atoms with E-state index in [9.17, 15) is 15.3 Å². The zero-order valence-electron chi connectivity index (χ0n) is 12.9. The number of hydrogen-bond acceptors (Lipinski definition) is 6. The predicted molar refractivity (Wildman–Crippen MR) is 89.4 cm³/mol. The van der Waals surface area contributed by atoms with Crippen molar-refractivity contribution in [2.75, 3.05) is 5.73 Å². The van der Waals surface area contributed by atoms with Crippen LogP contribution in [0.1, 0.15) is 18.4 Å². The smallest absolute Gasteiger partial charge is 0.184 e. The molecule has 2 aliphatic rings. The lowest BCUT2D eigenvalue weighted by Crippen LogP contribution is -2.46. The van der Waals surface area contributed by atoms with Gasteiger partial charge in [0.1, 0.15) is 17.5 Å². The van der Waals surface area contributed by atoms with Crippen LogP contribution in [0.25, 0.3) is 10.9 Å². The molecule has 0 bridgehead atoms. The van der Waals surface area contributed by atoms with Gasteiger partial charge in [-0.1, -0.05) is 17.7 Å². The first-order valence-electron chi connectivity index (χ1n) is 7.97. The lowest BCUT2D eigenvalue weighted by atomic mass is 9.90. The second kappa shape index (κ2) is 5.54. The van der Waals surface area contributed by atoms with Crippen molar-refractivity contribution >= 4 is 28.3 Å². The van der Waals surface area contributed by atoms with Gasteiger partial charge < -0.3 is 25.8 Å². The van der Waals surface area contributed by atoms with Crippen LogP contribution in [0.3, 0.4) is 0 Å². The number of aliphatic hydroxyl groups is 3. The van der Waals surface area contributed by atoms with Crippen molar-refractivity contribution in [1.29, 1.82) is 0 Å². The molecule has 1 saturated carbocycles. The molecule has 2 unspecified atom stereocenters. The lowest BCUT2D eigenvalue weighted by Gasteiger charge is -2.25. The van der Waals surface area contributed by atoms with Gasteiger partial charge in [0.15, 0.2) is 6.29 Å². The maximum atomic E-state index is 10.6. The highest BCUT2D eigenvalue weighted by Crippen LogP contribution is 2.46. The molecule has 0 radical (unpaired) electrons. The Kier molecular flexibility index (Phi) is 3.71. The van der Waals surface area contributed by atoms with Crippen LogP contribution in [0, 0.1) is 5.92 Å².